The smallest absolute Gasteiger partial charge is 0.167 e. The summed E-state index contributed by atoms with van der Waals surface area (Å²) >= 11 is 0. The van der Waals surface area contributed by atoms with Crippen LogP contribution < -0.4 is 0 Å². The summed E-state index contributed by atoms with van der Waals surface area (Å²) in [6.07, 6.45) is 3.61. The summed E-state index contributed by atoms with van der Waals surface area (Å²) in [5, 5.41) is 5.94. The van der Waals surface area contributed by atoms with Gasteiger partial charge in [-0.3, -0.25) is 4.98 Å². The third-order valence-corrected chi connectivity index (χ3v) is 3.28. The lowest BCUT2D eigenvalue weighted by molar-refractivity contribution is 0.456. The Bertz CT molecular complexity index is 880. The fraction of sp³-hybridized carbons (Fsp3) is 0. The summed E-state index contributed by atoms with van der Waals surface area (Å²) in [6, 6.07) is 16.3. The van der Waals surface area contributed by atoms with Crippen LogP contribution in [0.2, 0.25) is 0 Å². The highest BCUT2D eigenvalue weighted by Crippen LogP contribution is 2.26. The van der Waals surface area contributed by atoms with Crippen molar-refractivity contribution in [2.45, 2.75) is 0 Å². The van der Waals surface area contributed by atoms with Gasteiger partial charge in [-0.25, -0.2) is 0 Å². The van der Waals surface area contributed by atoms with Crippen molar-refractivity contribution in [1.82, 2.24) is 10.1 Å². The molecular formula is C16H10N2O. The van der Waals surface area contributed by atoms with Crippen LogP contribution in [-0.2, 0) is 0 Å². The van der Waals surface area contributed by atoms with Crippen LogP contribution in [0.15, 0.2) is 65.4 Å². The van der Waals surface area contributed by atoms with Gasteiger partial charge in [-0.1, -0.05) is 29.4 Å². The topological polar surface area (TPSA) is 38.9 Å². The highest BCUT2D eigenvalue weighted by molar-refractivity contribution is 5.86. The maximum absolute atomic E-state index is 5.20. The summed E-state index contributed by atoms with van der Waals surface area (Å²) in [5.41, 5.74) is 3.97. The number of aromatic nitrogens is 2. The molecule has 2 aromatic carbocycles. The van der Waals surface area contributed by atoms with E-state index in [0.29, 0.717) is 0 Å². The lowest BCUT2D eigenvalue weighted by atomic mass is 10.0. The van der Waals surface area contributed by atoms with Crippen molar-refractivity contribution in [2.24, 2.45) is 0 Å². The summed E-state index contributed by atoms with van der Waals surface area (Å²) in [4.78, 5) is 4.48. The fourth-order valence-electron chi connectivity index (χ4n) is 2.27. The molecule has 2 heterocycles. The molecule has 0 aliphatic heterocycles. The first-order valence-electron chi connectivity index (χ1n) is 6.10. The van der Waals surface area contributed by atoms with E-state index in [1.807, 2.05) is 36.5 Å². The zero-order valence-corrected chi connectivity index (χ0v) is 10.1. The molecule has 0 spiro atoms. The molecule has 0 bridgehead atoms. The Morgan fingerprint density at radius 3 is 2.74 bits per heavy atom. The largest absolute Gasteiger partial charge is 0.356 e. The highest BCUT2D eigenvalue weighted by Gasteiger charge is 2.04. The number of benzene rings is 2. The Morgan fingerprint density at radius 1 is 0.789 bits per heavy atom. The van der Waals surface area contributed by atoms with Gasteiger partial charge < -0.3 is 4.52 Å². The molecule has 0 unspecified atom stereocenters. The molecular weight excluding hydrogens is 236 g/mol. The van der Waals surface area contributed by atoms with Gasteiger partial charge in [0.1, 0.15) is 0 Å². The molecule has 4 aromatic rings. The molecule has 0 saturated heterocycles. The van der Waals surface area contributed by atoms with Gasteiger partial charge in [-0.05, 0) is 29.8 Å². The lowest BCUT2D eigenvalue weighted by Gasteiger charge is -2.03. The lowest BCUT2D eigenvalue weighted by Crippen LogP contribution is -1.82. The van der Waals surface area contributed by atoms with Crippen LogP contribution >= 0.6 is 0 Å². The van der Waals surface area contributed by atoms with Crippen molar-refractivity contribution in [3.05, 3.63) is 60.9 Å². The number of para-hydroxylation sites is 1. The molecule has 2 aromatic heterocycles. The standard InChI is InChI=1S/C16H10N2O/c1-2-4-15-12(3-1)7-14(9-17-15)11-5-6-13-10-18-19-16(13)8-11/h1-10H. The van der Waals surface area contributed by atoms with Gasteiger partial charge in [0.25, 0.3) is 0 Å². The van der Waals surface area contributed by atoms with Crippen molar-refractivity contribution in [3.8, 4) is 11.1 Å². The SMILES string of the molecule is c1ccc2ncc(-c3ccc4cnoc4c3)cc2c1. The second kappa shape index (κ2) is 3.92. The summed E-state index contributed by atoms with van der Waals surface area (Å²) in [5.74, 6) is 0. The number of hydrogen-bond donors (Lipinski definition) is 0. The first-order valence-corrected chi connectivity index (χ1v) is 6.10. The van der Waals surface area contributed by atoms with E-state index in [2.05, 4.69) is 28.3 Å². The molecule has 0 saturated carbocycles. The second-order valence-electron chi connectivity index (χ2n) is 4.50. The molecule has 0 aliphatic carbocycles. The second-order valence-corrected chi connectivity index (χ2v) is 4.50. The zero-order valence-electron chi connectivity index (χ0n) is 10.1. The number of rotatable bonds is 1. The number of nitrogens with zero attached hydrogens (tertiary/aromatic N) is 2. The van der Waals surface area contributed by atoms with Gasteiger partial charge in [0, 0.05) is 22.5 Å². The molecule has 90 valence electrons. The van der Waals surface area contributed by atoms with Crippen molar-refractivity contribution in [2.75, 3.05) is 0 Å². The van der Waals surface area contributed by atoms with Gasteiger partial charge in [0.15, 0.2) is 5.58 Å². The first kappa shape index (κ1) is 10.3. The Labute approximate surface area is 109 Å². The molecule has 19 heavy (non-hydrogen) atoms. The van der Waals surface area contributed by atoms with Crippen LogP contribution in [0.3, 0.4) is 0 Å². The van der Waals surface area contributed by atoms with Gasteiger partial charge >= 0.3 is 0 Å². The molecule has 0 fully saturated rings. The molecule has 0 N–H and O–H groups in total. The number of hydrogen-bond acceptors (Lipinski definition) is 3. The highest BCUT2D eigenvalue weighted by atomic mass is 16.5. The van der Waals surface area contributed by atoms with E-state index in [4.69, 9.17) is 4.52 Å². The monoisotopic (exact) mass is 246 g/mol. The third kappa shape index (κ3) is 1.67. The Hall–Kier alpha value is -2.68. The predicted molar refractivity (Wildman–Crippen MR) is 74.7 cm³/mol. The van der Waals surface area contributed by atoms with Crippen LogP contribution in [0.4, 0.5) is 0 Å². The molecule has 0 amide bonds. The van der Waals surface area contributed by atoms with Crippen molar-refractivity contribution >= 4 is 21.9 Å². The maximum atomic E-state index is 5.20. The third-order valence-electron chi connectivity index (χ3n) is 3.28. The van der Waals surface area contributed by atoms with E-state index in [1.165, 1.54) is 0 Å². The van der Waals surface area contributed by atoms with Gasteiger partial charge in [-0.15, -0.1) is 0 Å². The molecule has 3 heteroatoms. The summed E-state index contributed by atoms with van der Waals surface area (Å²) in [6.45, 7) is 0. The minimum Gasteiger partial charge on any atom is -0.356 e. The van der Waals surface area contributed by atoms with E-state index in [9.17, 15) is 0 Å². The van der Waals surface area contributed by atoms with E-state index in [-0.39, 0.29) is 0 Å². The number of pyridine rings is 1. The first-order chi connectivity index (χ1) is 9.40. The summed E-state index contributed by atoms with van der Waals surface area (Å²) in [7, 11) is 0. The fourth-order valence-corrected chi connectivity index (χ4v) is 2.27. The Kier molecular flexibility index (Phi) is 2.12. The van der Waals surface area contributed by atoms with Crippen LogP contribution in [0.5, 0.6) is 0 Å². The van der Waals surface area contributed by atoms with Crippen molar-refractivity contribution < 1.29 is 4.52 Å². The Balaban J connectivity index is 1.92. The van der Waals surface area contributed by atoms with E-state index in [0.717, 1.165) is 33.0 Å². The van der Waals surface area contributed by atoms with Gasteiger partial charge in [-0.2, -0.15) is 0 Å². The average molecular weight is 246 g/mol. The van der Waals surface area contributed by atoms with E-state index in [1.54, 1.807) is 6.20 Å². The van der Waals surface area contributed by atoms with Crippen molar-refractivity contribution in [3.63, 3.8) is 0 Å². The van der Waals surface area contributed by atoms with Crippen LogP contribution in [0, 0.1) is 0 Å². The van der Waals surface area contributed by atoms with Crippen LogP contribution in [-0.4, -0.2) is 10.1 Å². The minimum atomic E-state index is 0.797. The van der Waals surface area contributed by atoms with Gasteiger partial charge in [0.2, 0.25) is 0 Å². The van der Waals surface area contributed by atoms with Crippen LogP contribution in [0.1, 0.15) is 0 Å². The van der Waals surface area contributed by atoms with Crippen LogP contribution in [0.25, 0.3) is 33.0 Å². The van der Waals surface area contributed by atoms with Crippen molar-refractivity contribution in [1.29, 1.82) is 0 Å². The molecule has 4 rings (SSSR count). The predicted octanol–water partition coefficient (Wildman–Crippen LogP) is 4.04. The molecule has 0 aliphatic rings. The minimum absolute atomic E-state index is 0.797. The number of fused-ring (bicyclic) bond motifs is 2. The molecule has 0 atom stereocenters. The van der Waals surface area contributed by atoms with E-state index < -0.39 is 0 Å². The quantitative estimate of drug-likeness (QED) is 0.508. The molecule has 0 radical (unpaired) electrons. The maximum Gasteiger partial charge on any atom is 0.167 e. The average Bonchev–Trinajstić information content (AvgIpc) is 2.94. The Morgan fingerprint density at radius 2 is 1.74 bits per heavy atom. The zero-order chi connectivity index (χ0) is 12.7. The van der Waals surface area contributed by atoms with Gasteiger partial charge in [0.05, 0.1) is 11.7 Å². The van der Waals surface area contributed by atoms with E-state index >= 15 is 0 Å². The molecule has 3 nitrogen and oxygen atoms in total. The summed E-state index contributed by atoms with van der Waals surface area (Å²) < 4.78 is 5.20. The normalized spacial score (nSPS) is 11.2.